The lowest BCUT2D eigenvalue weighted by atomic mass is 10.1. The third kappa shape index (κ3) is 4.28. The van der Waals surface area contributed by atoms with Crippen LogP contribution < -0.4 is 15.5 Å². The highest BCUT2D eigenvalue weighted by molar-refractivity contribution is 8.05. The summed E-state index contributed by atoms with van der Waals surface area (Å²) in [5, 5.41) is 6.97. The average Bonchev–Trinajstić information content (AvgIpc) is 3.26. The van der Waals surface area contributed by atoms with Crippen LogP contribution in [0.25, 0.3) is 6.08 Å². The Hall–Kier alpha value is -2.05. The molecule has 1 amide bonds. The van der Waals surface area contributed by atoms with Crippen molar-refractivity contribution in [2.45, 2.75) is 31.7 Å². The zero-order valence-electron chi connectivity index (χ0n) is 15.1. The van der Waals surface area contributed by atoms with Gasteiger partial charge >= 0.3 is 0 Å². The Labute approximate surface area is 168 Å². The van der Waals surface area contributed by atoms with Crippen molar-refractivity contribution in [1.29, 1.82) is 0 Å². The van der Waals surface area contributed by atoms with Crippen LogP contribution in [0.3, 0.4) is 0 Å². The smallest absolute Gasteiger partial charge is 0.260 e. The Morgan fingerprint density at radius 1 is 1.26 bits per heavy atom. The van der Waals surface area contributed by atoms with Crippen molar-refractivity contribution in [3.63, 3.8) is 0 Å². The molecule has 1 aromatic heterocycles. The Kier molecular flexibility index (Phi) is 5.36. The molecule has 0 saturated carbocycles. The van der Waals surface area contributed by atoms with Gasteiger partial charge in [0.25, 0.3) is 5.91 Å². The van der Waals surface area contributed by atoms with Gasteiger partial charge in [-0.15, -0.1) is 0 Å². The third-order valence-corrected chi connectivity index (χ3v) is 6.02. The lowest BCUT2D eigenvalue weighted by Gasteiger charge is -2.25. The first-order chi connectivity index (χ1) is 13.1. The molecule has 0 radical (unpaired) electrons. The van der Waals surface area contributed by atoms with E-state index in [2.05, 4.69) is 15.5 Å². The van der Waals surface area contributed by atoms with E-state index in [1.807, 2.05) is 43.3 Å². The monoisotopic (exact) mass is 403 g/mol. The topological polar surface area (TPSA) is 57.5 Å². The van der Waals surface area contributed by atoms with Crippen molar-refractivity contribution in [3.05, 3.63) is 51.6 Å². The SMILES string of the molecule is Cc1cc(Cl)ccc1NC1NC(=O)/C(=C/c2ccc(N3CCCCC3)o2)S1. The number of rotatable bonds is 4. The van der Waals surface area contributed by atoms with E-state index in [9.17, 15) is 4.79 Å². The highest BCUT2D eigenvalue weighted by Crippen LogP contribution is 2.32. The van der Waals surface area contributed by atoms with Gasteiger partial charge in [0, 0.05) is 35.9 Å². The molecule has 1 aromatic carbocycles. The largest absolute Gasteiger partial charge is 0.441 e. The van der Waals surface area contributed by atoms with Crippen molar-refractivity contribution in [3.8, 4) is 0 Å². The number of carbonyl (C=O) groups is 1. The van der Waals surface area contributed by atoms with Gasteiger partial charge in [-0.05, 0) is 56.0 Å². The second kappa shape index (κ2) is 7.90. The van der Waals surface area contributed by atoms with Gasteiger partial charge in [0.15, 0.2) is 11.4 Å². The van der Waals surface area contributed by atoms with E-state index in [4.69, 9.17) is 16.0 Å². The maximum absolute atomic E-state index is 12.3. The molecule has 5 nitrogen and oxygen atoms in total. The molecule has 1 atom stereocenters. The van der Waals surface area contributed by atoms with Gasteiger partial charge in [0.2, 0.25) is 0 Å². The lowest BCUT2D eigenvalue weighted by molar-refractivity contribution is -0.116. The maximum Gasteiger partial charge on any atom is 0.260 e. The minimum absolute atomic E-state index is 0.0972. The zero-order chi connectivity index (χ0) is 18.8. The number of furan rings is 1. The first-order valence-electron chi connectivity index (χ1n) is 9.15. The Morgan fingerprint density at radius 3 is 2.85 bits per heavy atom. The summed E-state index contributed by atoms with van der Waals surface area (Å²) >= 11 is 7.45. The summed E-state index contributed by atoms with van der Waals surface area (Å²) in [6, 6.07) is 9.56. The van der Waals surface area contributed by atoms with Crippen LogP contribution in [0.4, 0.5) is 11.6 Å². The number of piperidine rings is 1. The summed E-state index contributed by atoms with van der Waals surface area (Å²) in [5.41, 5.74) is 1.76. The second-order valence-electron chi connectivity index (χ2n) is 6.81. The molecule has 27 heavy (non-hydrogen) atoms. The van der Waals surface area contributed by atoms with Crippen LogP contribution in [0.15, 0.2) is 39.7 Å². The number of aryl methyl sites for hydroxylation is 1. The van der Waals surface area contributed by atoms with Crippen LogP contribution in [0, 0.1) is 6.92 Å². The Bertz CT molecular complexity index is 874. The molecule has 2 aliphatic rings. The number of amides is 1. The van der Waals surface area contributed by atoms with Crippen LogP contribution >= 0.6 is 23.4 Å². The van der Waals surface area contributed by atoms with Gasteiger partial charge in [0.05, 0.1) is 4.91 Å². The molecule has 7 heteroatoms. The van der Waals surface area contributed by atoms with E-state index in [1.165, 1.54) is 31.0 Å². The molecule has 0 bridgehead atoms. The number of nitrogens with one attached hydrogen (secondary N) is 2. The predicted octanol–water partition coefficient (Wildman–Crippen LogP) is 4.83. The summed E-state index contributed by atoms with van der Waals surface area (Å²) in [4.78, 5) is 15.2. The first kappa shape index (κ1) is 18.3. The average molecular weight is 404 g/mol. The van der Waals surface area contributed by atoms with Crippen LogP contribution in [-0.4, -0.2) is 24.5 Å². The van der Waals surface area contributed by atoms with Gasteiger partial charge in [-0.3, -0.25) is 4.79 Å². The lowest BCUT2D eigenvalue weighted by Crippen LogP contribution is -2.31. The highest BCUT2D eigenvalue weighted by Gasteiger charge is 2.28. The van der Waals surface area contributed by atoms with Crippen LogP contribution in [0.2, 0.25) is 5.02 Å². The molecular formula is C20H22ClN3O2S. The van der Waals surface area contributed by atoms with Crippen LogP contribution in [0.1, 0.15) is 30.6 Å². The standard InChI is InChI=1S/C20H22ClN3O2S/c1-13-11-14(21)5-7-16(13)22-20-23-19(25)17(27-20)12-15-6-8-18(26-15)24-9-3-2-4-10-24/h5-8,11-12,20,22H,2-4,9-10H2,1H3,(H,23,25)/b17-12-. The first-order valence-corrected chi connectivity index (χ1v) is 10.4. The van der Waals surface area contributed by atoms with Crippen LogP contribution in [0.5, 0.6) is 0 Å². The van der Waals surface area contributed by atoms with E-state index in [-0.39, 0.29) is 11.4 Å². The second-order valence-corrected chi connectivity index (χ2v) is 8.39. The van der Waals surface area contributed by atoms with E-state index in [0.717, 1.165) is 30.2 Å². The number of benzene rings is 1. The number of halogens is 1. The normalized spacial score (nSPS) is 21.6. The van der Waals surface area contributed by atoms with Gasteiger partial charge in [0.1, 0.15) is 5.76 Å². The number of hydrogen-bond donors (Lipinski definition) is 2. The molecule has 2 saturated heterocycles. The van der Waals surface area contributed by atoms with Gasteiger partial charge in [-0.2, -0.15) is 0 Å². The van der Waals surface area contributed by atoms with Crippen molar-refractivity contribution in [2.75, 3.05) is 23.3 Å². The summed E-state index contributed by atoms with van der Waals surface area (Å²) in [7, 11) is 0. The predicted molar refractivity (Wildman–Crippen MR) is 112 cm³/mol. The van der Waals surface area contributed by atoms with Crippen LogP contribution in [-0.2, 0) is 4.79 Å². The molecule has 2 aromatic rings. The van der Waals surface area contributed by atoms with Gasteiger partial charge in [-0.1, -0.05) is 23.4 Å². The van der Waals surface area contributed by atoms with Gasteiger partial charge < -0.3 is 20.0 Å². The number of anilines is 2. The molecule has 2 N–H and O–H groups in total. The molecule has 0 aliphatic carbocycles. The number of thioether (sulfide) groups is 1. The minimum Gasteiger partial charge on any atom is -0.441 e. The maximum atomic E-state index is 12.3. The zero-order valence-corrected chi connectivity index (χ0v) is 16.7. The molecule has 3 heterocycles. The number of carbonyl (C=O) groups excluding carboxylic acids is 1. The van der Waals surface area contributed by atoms with E-state index in [1.54, 1.807) is 0 Å². The molecule has 0 spiro atoms. The molecular weight excluding hydrogens is 382 g/mol. The fourth-order valence-electron chi connectivity index (χ4n) is 3.33. The number of nitrogens with zero attached hydrogens (tertiary/aromatic N) is 1. The molecule has 142 valence electrons. The van der Waals surface area contributed by atoms with Crippen molar-refractivity contribution < 1.29 is 9.21 Å². The number of hydrogen-bond acceptors (Lipinski definition) is 5. The summed E-state index contributed by atoms with van der Waals surface area (Å²) in [5.74, 6) is 1.49. The molecule has 2 fully saturated rings. The Balaban J connectivity index is 1.43. The summed E-state index contributed by atoms with van der Waals surface area (Å²) < 4.78 is 5.94. The molecule has 2 aliphatic heterocycles. The fourth-order valence-corrected chi connectivity index (χ4v) is 4.51. The van der Waals surface area contributed by atoms with Crippen molar-refractivity contribution >= 4 is 46.9 Å². The van der Waals surface area contributed by atoms with E-state index in [0.29, 0.717) is 15.7 Å². The third-order valence-electron chi connectivity index (χ3n) is 4.76. The van der Waals surface area contributed by atoms with Gasteiger partial charge in [-0.25, -0.2) is 0 Å². The minimum atomic E-state index is -0.222. The highest BCUT2D eigenvalue weighted by atomic mass is 35.5. The molecule has 4 rings (SSSR count). The van der Waals surface area contributed by atoms with Crippen molar-refractivity contribution in [2.24, 2.45) is 0 Å². The summed E-state index contributed by atoms with van der Waals surface area (Å²) in [6.45, 7) is 4.05. The Morgan fingerprint density at radius 2 is 2.07 bits per heavy atom. The summed E-state index contributed by atoms with van der Waals surface area (Å²) in [6.07, 6.45) is 5.50. The van der Waals surface area contributed by atoms with E-state index < -0.39 is 0 Å². The fraction of sp³-hybridized carbons (Fsp3) is 0.350. The molecule has 1 unspecified atom stereocenters. The van der Waals surface area contributed by atoms with E-state index >= 15 is 0 Å². The quantitative estimate of drug-likeness (QED) is 0.716. The van der Waals surface area contributed by atoms with Crippen molar-refractivity contribution in [1.82, 2.24) is 5.32 Å².